The number of amides is 2. The van der Waals surface area contributed by atoms with Crippen LogP contribution in [0.25, 0.3) is 0 Å². The molecule has 4 nitrogen and oxygen atoms in total. The van der Waals surface area contributed by atoms with Gasteiger partial charge in [0, 0.05) is 11.9 Å². The zero-order valence-electron chi connectivity index (χ0n) is 13.0. The minimum Gasteiger partial charge on any atom is -0.307 e. The minimum absolute atomic E-state index is 0.242. The van der Waals surface area contributed by atoms with Crippen molar-refractivity contribution in [3.05, 3.63) is 54.4 Å². The normalized spacial score (nSPS) is 10.2. The van der Waals surface area contributed by atoms with Crippen LogP contribution in [0.4, 0.5) is 16.2 Å². The molecular weight excluding hydrogens is 274 g/mol. The number of carbonyl (C=O) groups excluding carboxylic acids is 1. The van der Waals surface area contributed by atoms with Crippen molar-refractivity contribution < 1.29 is 4.79 Å². The van der Waals surface area contributed by atoms with E-state index in [0.717, 1.165) is 18.5 Å². The maximum absolute atomic E-state index is 12.1. The van der Waals surface area contributed by atoms with Crippen LogP contribution in [0, 0.1) is 0 Å². The maximum atomic E-state index is 12.1. The highest BCUT2D eigenvalue weighted by Gasteiger charge is 2.06. The Morgan fingerprint density at radius 3 is 2.68 bits per heavy atom. The number of aromatic nitrogens is 1. The molecule has 2 N–H and O–H groups in total. The third kappa shape index (κ3) is 5.20. The predicted octanol–water partition coefficient (Wildman–Crippen LogP) is 4.85. The van der Waals surface area contributed by atoms with Crippen molar-refractivity contribution in [1.29, 1.82) is 0 Å². The van der Waals surface area contributed by atoms with Gasteiger partial charge in [0.05, 0.1) is 11.9 Å². The highest BCUT2D eigenvalue weighted by Crippen LogP contribution is 2.18. The molecule has 0 bridgehead atoms. The molecule has 0 spiro atoms. The average molecular weight is 297 g/mol. The Kier molecular flexibility index (Phi) is 6.42. The van der Waals surface area contributed by atoms with Crippen molar-refractivity contribution in [3.63, 3.8) is 0 Å². The van der Waals surface area contributed by atoms with Gasteiger partial charge in [-0.3, -0.25) is 4.98 Å². The van der Waals surface area contributed by atoms with Gasteiger partial charge in [-0.2, -0.15) is 0 Å². The third-order valence-electron chi connectivity index (χ3n) is 3.48. The fourth-order valence-corrected chi connectivity index (χ4v) is 2.32. The SMILES string of the molecule is CCCCCCc1ccccc1NC(=O)Nc1cccnc1. The Morgan fingerprint density at radius 1 is 1.05 bits per heavy atom. The standard InChI is InChI=1S/C18H23N3O/c1-2-3-4-5-9-15-10-6-7-12-17(15)21-18(22)20-16-11-8-13-19-14-16/h6-8,10-14H,2-5,9H2,1H3,(H2,20,21,22). The first-order chi connectivity index (χ1) is 10.8. The summed E-state index contributed by atoms with van der Waals surface area (Å²) < 4.78 is 0. The predicted molar refractivity (Wildman–Crippen MR) is 91.2 cm³/mol. The van der Waals surface area contributed by atoms with Gasteiger partial charge in [0.1, 0.15) is 0 Å². The van der Waals surface area contributed by atoms with Crippen molar-refractivity contribution in [2.45, 2.75) is 39.0 Å². The summed E-state index contributed by atoms with van der Waals surface area (Å²) in [4.78, 5) is 16.0. The van der Waals surface area contributed by atoms with Crippen LogP contribution in [-0.4, -0.2) is 11.0 Å². The van der Waals surface area contributed by atoms with E-state index in [0.29, 0.717) is 5.69 Å². The van der Waals surface area contributed by atoms with Gasteiger partial charge in [0.15, 0.2) is 0 Å². The van der Waals surface area contributed by atoms with Crippen molar-refractivity contribution in [3.8, 4) is 0 Å². The number of aryl methyl sites for hydroxylation is 1. The lowest BCUT2D eigenvalue weighted by Crippen LogP contribution is -2.20. The molecule has 4 heteroatoms. The Morgan fingerprint density at radius 2 is 1.91 bits per heavy atom. The summed E-state index contributed by atoms with van der Waals surface area (Å²) in [5.74, 6) is 0. The second kappa shape index (κ2) is 8.82. The molecule has 0 aliphatic rings. The molecule has 0 saturated heterocycles. The number of anilines is 2. The zero-order valence-corrected chi connectivity index (χ0v) is 13.0. The molecule has 0 saturated carbocycles. The van der Waals surface area contributed by atoms with E-state index in [2.05, 4.69) is 28.6 Å². The summed E-state index contributed by atoms with van der Waals surface area (Å²) in [5, 5.41) is 5.70. The number of rotatable bonds is 7. The van der Waals surface area contributed by atoms with E-state index in [-0.39, 0.29) is 6.03 Å². The van der Waals surface area contributed by atoms with E-state index in [1.165, 1.54) is 24.8 Å². The first-order valence-electron chi connectivity index (χ1n) is 7.85. The third-order valence-corrected chi connectivity index (χ3v) is 3.48. The van der Waals surface area contributed by atoms with E-state index in [1.54, 1.807) is 18.5 Å². The summed E-state index contributed by atoms with van der Waals surface area (Å²) >= 11 is 0. The van der Waals surface area contributed by atoms with Gasteiger partial charge in [-0.15, -0.1) is 0 Å². The second-order valence-electron chi connectivity index (χ2n) is 5.29. The molecule has 1 aromatic carbocycles. The topological polar surface area (TPSA) is 54.0 Å². The van der Waals surface area contributed by atoms with Gasteiger partial charge >= 0.3 is 6.03 Å². The van der Waals surface area contributed by atoms with Crippen molar-refractivity contribution in [2.75, 3.05) is 10.6 Å². The fraction of sp³-hybridized carbons (Fsp3) is 0.333. The van der Waals surface area contributed by atoms with Crippen LogP contribution >= 0.6 is 0 Å². The Bertz CT molecular complexity index is 584. The lowest BCUT2D eigenvalue weighted by atomic mass is 10.0. The molecular formula is C18H23N3O. The smallest absolute Gasteiger partial charge is 0.307 e. The summed E-state index contributed by atoms with van der Waals surface area (Å²) in [6.45, 7) is 2.21. The molecule has 1 heterocycles. The molecule has 0 aliphatic heterocycles. The highest BCUT2D eigenvalue weighted by atomic mass is 16.2. The lowest BCUT2D eigenvalue weighted by Gasteiger charge is -2.12. The molecule has 0 unspecified atom stereocenters. The number of hydrogen-bond acceptors (Lipinski definition) is 2. The van der Waals surface area contributed by atoms with Gasteiger partial charge in [-0.25, -0.2) is 4.79 Å². The van der Waals surface area contributed by atoms with Crippen molar-refractivity contribution in [2.24, 2.45) is 0 Å². The molecule has 0 atom stereocenters. The Labute approximate surface area is 132 Å². The maximum Gasteiger partial charge on any atom is 0.323 e. The van der Waals surface area contributed by atoms with Gasteiger partial charge in [-0.05, 0) is 36.6 Å². The zero-order chi connectivity index (χ0) is 15.6. The molecule has 2 rings (SSSR count). The van der Waals surface area contributed by atoms with Crippen LogP contribution in [0.5, 0.6) is 0 Å². The number of benzene rings is 1. The summed E-state index contributed by atoms with van der Waals surface area (Å²) in [7, 11) is 0. The summed E-state index contributed by atoms with van der Waals surface area (Å²) in [6.07, 6.45) is 9.16. The molecule has 22 heavy (non-hydrogen) atoms. The number of urea groups is 1. The van der Waals surface area contributed by atoms with Crippen LogP contribution in [-0.2, 0) is 6.42 Å². The quantitative estimate of drug-likeness (QED) is 0.718. The van der Waals surface area contributed by atoms with E-state index >= 15 is 0 Å². The molecule has 2 amide bonds. The summed E-state index contributed by atoms with van der Waals surface area (Å²) in [6, 6.07) is 11.3. The number of pyridine rings is 1. The molecule has 0 fully saturated rings. The van der Waals surface area contributed by atoms with Crippen LogP contribution in [0.2, 0.25) is 0 Å². The second-order valence-corrected chi connectivity index (χ2v) is 5.29. The average Bonchev–Trinajstić information content (AvgIpc) is 2.54. The Balaban J connectivity index is 1.92. The van der Waals surface area contributed by atoms with Gasteiger partial charge in [0.25, 0.3) is 0 Å². The number of para-hydroxylation sites is 1. The first kappa shape index (κ1) is 16.0. The minimum atomic E-state index is -0.242. The highest BCUT2D eigenvalue weighted by molar-refractivity contribution is 6.00. The molecule has 0 radical (unpaired) electrons. The molecule has 116 valence electrons. The van der Waals surface area contributed by atoms with Gasteiger partial charge in [0.2, 0.25) is 0 Å². The van der Waals surface area contributed by atoms with E-state index in [9.17, 15) is 4.79 Å². The van der Waals surface area contributed by atoms with E-state index < -0.39 is 0 Å². The molecule has 1 aromatic heterocycles. The van der Waals surface area contributed by atoms with E-state index in [1.807, 2.05) is 24.3 Å². The monoisotopic (exact) mass is 297 g/mol. The van der Waals surface area contributed by atoms with Crippen LogP contribution in [0.1, 0.15) is 38.2 Å². The number of hydrogen-bond donors (Lipinski definition) is 2. The van der Waals surface area contributed by atoms with Crippen molar-refractivity contribution in [1.82, 2.24) is 4.98 Å². The lowest BCUT2D eigenvalue weighted by molar-refractivity contribution is 0.262. The number of unbranched alkanes of at least 4 members (excludes halogenated alkanes) is 3. The van der Waals surface area contributed by atoms with Gasteiger partial charge in [-0.1, -0.05) is 44.4 Å². The first-order valence-corrected chi connectivity index (χ1v) is 7.85. The Hall–Kier alpha value is -2.36. The van der Waals surface area contributed by atoms with Gasteiger partial charge < -0.3 is 10.6 Å². The van der Waals surface area contributed by atoms with E-state index in [4.69, 9.17) is 0 Å². The van der Waals surface area contributed by atoms with Crippen molar-refractivity contribution >= 4 is 17.4 Å². The molecule has 2 aromatic rings. The van der Waals surface area contributed by atoms with Crippen LogP contribution in [0.3, 0.4) is 0 Å². The van der Waals surface area contributed by atoms with Crippen LogP contribution < -0.4 is 10.6 Å². The number of carbonyl (C=O) groups is 1. The fourth-order valence-electron chi connectivity index (χ4n) is 2.32. The van der Waals surface area contributed by atoms with Crippen LogP contribution in [0.15, 0.2) is 48.8 Å². The summed E-state index contributed by atoms with van der Waals surface area (Å²) in [5.41, 5.74) is 2.74. The number of nitrogens with one attached hydrogen (secondary N) is 2. The molecule has 0 aliphatic carbocycles. The largest absolute Gasteiger partial charge is 0.323 e. The number of nitrogens with zero attached hydrogens (tertiary/aromatic N) is 1.